The van der Waals surface area contributed by atoms with Crippen molar-refractivity contribution in [3.8, 4) is 0 Å². The van der Waals surface area contributed by atoms with Gasteiger partial charge in [0.25, 0.3) is 5.91 Å². The molecule has 0 aromatic heterocycles. The molecule has 0 unspecified atom stereocenters. The molecule has 5 heteroatoms. The normalized spacial score (nSPS) is 27.1. The van der Waals surface area contributed by atoms with Gasteiger partial charge in [0.2, 0.25) is 0 Å². The Morgan fingerprint density at radius 1 is 1.08 bits per heavy atom. The van der Waals surface area contributed by atoms with Crippen molar-refractivity contribution in [2.45, 2.75) is 37.8 Å². The van der Waals surface area contributed by atoms with Crippen LogP contribution < -0.4 is 0 Å². The number of carbonyl (C=O) groups is 1. The van der Waals surface area contributed by atoms with Crippen LogP contribution in [0.15, 0.2) is 48.5 Å². The molecule has 2 heterocycles. The van der Waals surface area contributed by atoms with E-state index in [9.17, 15) is 18.7 Å². The number of rotatable bonds is 4. The van der Waals surface area contributed by atoms with Gasteiger partial charge in [0, 0.05) is 17.5 Å². The van der Waals surface area contributed by atoms with Crippen LogP contribution in [0, 0.1) is 17.0 Å². The Bertz CT molecular complexity index is 806. The van der Waals surface area contributed by atoms with E-state index < -0.39 is 28.5 Å². The van der Waals surface area contributed by atoms with E-state index in [2.05, 4.69) is 0 Å². The summed E-state index contributed by atoms with van der Waals surface area (Å²) in [6.45, 7) is -0.0490. The number of hydrogen-bond acceptors (Lipinski definition) is 2. The first-order chi connectivity index (χ1) is 12.6. The maximum atomic E-state index is 14.1. The van der Waals surface area contributed by atoms with E-state index in [-0.39, 0.29) is 18.7 Å². The van der Waals surface area contributed by atoms with Gasteiger partial charge in [-0.1, -0.05) is 36.4 Å². The number of aliphatic hydroxyl groups excluding tert-OH is 1. The van der Waals surface area contributed by atoms with Crippen molar-refractivity contribution in [3.05, 3.63) is 71.3 Å². The van der Waals surface area contributed by atoms with Crippen molar-refractivity contribution >= 4 is 5.91 Å². The summed E-state index contributed by atoms with van der Waals surface area (Å²) >= 11 is 0. The molecule has 2 aromatic carbocycles. The molecule has 4 rings (SSSR count). The molecule has 0 spiro atoms. The van der Waals surface area contributed by atoms with E-state index in [1.165, 1.54) is 6.07 Å². The number of aliphatic hydroxyl groups is 1. The van der Waals surface area contributed by atoms with Gasteiger partial charge in [0.1, 0.15) is 17.2 Å². The monoisotopic (exact) mass is 357 g/mol. The number of amides is 1. The highest BCUT2D eigenvalue weighted by Crippen LogP contribution is 2.51. The number of fused-ring (bicyclic) bond motifs is 2. The lowest BCUT2D eigenvalue weighted by molar-refractivity contribution is 0.0564. The number of halogens is 2. The van der Waals surface area contributed by atoms with Crippen molar-refractivity contribution in [2.24, 2.45) is 5.41 Å². The zero-order valence-corrected chi connectivity index (χ0v) is 14.4. The molecule has 0 radical (unpaired) electrons. The van der Waals surface area contributed by atoms with E-state index in [0.717, 1.165) is 30.5 Å². The van der Waals surface area contributed by atoms with Gasteiger partial charge in [0.05, 0.1) is 6.61 Å². The number of carbonyl (C=O) groups excluding carboxylic acids is 1. The van der Waals surface area contributed by atoms with Gasteiger partial charge in [-0.15, -0.1) is 0 Å². The molecule has 1 N–H and O–H groups in total. The molecule has 2 bridgehead atoms. The van der Waals surface area contributed by atoms with Crippen LogP contribution in [0.3, 0.4) is 0 Å². The second kappa shape index (κ2) is 6.47. The number of benzene rings is 2. The lowest BCUT2D eigenvalue weighted by Gasteiger charge is -2.36. The lowest BCUT2D eigenvalue weighted by Crippen LogP contribution is -2.44. The van der Waals surface area contributed by atoms with E-state index in [0.29, 0.717) is 12.8 Å². The highest BCUT2D eigenvalue weighted by atomic mass is 19.1. The van der Waals surface area contributed by atoms with Crippen molar-refractivity contribution in [3.63, 3.8) is 0 Å². The fraction of sp³-hybridized carbons (Fsp3) is 0.381. The minimum absolute atomic E-state index is 0.0490. The molecule has 3 atom stereocenters. The summed E-state index contributed by atoms with van der Waals surface area (Å²) in [7, 11) is 0. The van der Waals surface area contributed by atoms with Crippen LogP contribution in [-0.4, -0.2) is 34.6 Å². The Morgan fingerprint density at radius 2 is 1.77 bits per heavy atom. The third-order valence-electron chi connectivity index (χ3n) is 5.98. The van der Waals surface area contributed by atoms with Gasteiger partial charge in [-0.25, -0.2) is 8.78 Å². The van der Waals surface area contributed by atoms with Crippen LogP contribution in [0.5, 0.6) is 0 Å². The molecular formula is C21H21F2NO2. The Kier molecular flexibility index (Phi) is 4.27. The smallest absolute Gasteiger partial charge is 0.260 e. The quantitative estimate of drug-likeness (QED) is 0.909. The molecule has 2 fully saturated rings. The predicted molar refractivity (Wildman–Crippen MR) is 93.6 cm³/mol. The maximum Gasteiger partial charge on any atom is 0.260 e. The Balaban J connectivity index is 1.66. The summed E-state index contributed by atoms with van der Waals surface area (Å²) in [5.41, 5.74) is 0.151. The van der Waals surface area contributed by atoms with Gasteiger partial charge in [-0.2, -0.15) is 0 Å². The van der Waals surface area contributed by atoms with Crippen LogP contribution in [0.2, 0.25) is 0 Å². The second-order valence-electron chi connectivity index (χ2n) is 7.44. The average Bonchev–Trinajstić information content (AvgIpc) is 3.18. The zero-order chi connectivity index (χ0) is 18.3. The third kappa shape index (κ3) is 2.62. The van der Waals surface area contributed by atoms with Crippen LogP contribution in [0.4, 0.5) is 8.78 Å². The molecule has 2 aromatic rings. The summed E-state index contributed by atoms with van der Waals surface area (Å²) < 4.78 is 28.2. The highest BCUT2D eigenvalue weighted by Gasteiger charge is 2.57. The van der Waals surface area contributed by atoms with E-state index >= 15 is 0 Å². The predicted octanol–water partition coefficient (Wildman–Crippen LogP) is 3.56. The van der Waals surface area contributed by atoms with E-state index in [1.807, 2.05) is 30.3 Å². The summed E-state index contributed by atoms with van der Waals surface area (Å²) in [5.74, 6) is -2.27. The van der Waals surface area contributed by atoms with Gasteiger partial charge in [-0.05, 0) is 43.4 Å². The molecule has 3 nitrogen and oxygen atoms in total. The van der Waals surface area contributed by atoms with Crippen LogP contribution in [0.1, 0.15) is 35.2 Å². The van der Waals surface area contributed by atoms with Crippen LogP contribution in [0.25, 0.3) is 0 Å². The van der Waals surface area contributed by atoms with E-state index in [4.69, 9.17) is 0 Å². The minimum Gasteiger partial charge on any atom is -0.396 e. The highest BCUT2D eigenvalue weighted by molar-refractivity contribution is 5.95. The Labute approximate surface area is 151 Å². The minimum atomic E-state index is -0.834. The summed E-state index contributed by atoms with van der Waals surface area (Å²) in [6.07, 6.45) is 2.86. The SMILES string of the molecule is O=C(c1c(F)cccc1F)N1[C@H]2CC[C@@H]1[C@@](CO)(Cc1ccccc1)C2. The topological polar surface area (TPSA) is 40.5 Å². The fourth-order valence-corrected chi connectivity index (χ4v) is 4.85. The number of hydrogen-bond donors (Lipinski definition) is 1. The third-order valence-corrected chi connectivity index (χ3v) is 5.98. The van der Waals surface area contributed by atoms with Crippen molar-refractivity contribution < 1.29 is 18.7 Å². The summed E-state index contributed by atoms with van der Waals surface area (Å²) in [6, 6.07) is 13.0. The molecule has 26 heavy (non-hydrogen) atoms. The molecule has 2 saturated heterocycles. The largest absolute Gasteiger partial charge is 0.396 e. The van der Waals surface area contributed by atoms with E-state index in [1.54, 1.807) is 4.90 Å². The molecule has 0 aliphatic carbocycles. The lowest BCUT2D eigenvalue weighted by atomic mass is 9.70. The number of nitrogens with zero attached hydrogens (tertiary/aromatic N) is 1. The summed E-state index contributed by atoms with van der Waals surface area (Å²) in [5, 5.41) is 10.2. The molecule has 0 saturated carbocycles. The molecular weight excluding hydrogens is 336 g/mol. The Morgan fingerprint density at radius 3 is 2.42 bits per heavy atom. The van der Waals surface area contributed by atoms with Gasteiger partial charge < -0.3 is 10.0 Å². The van der Waals surface area contributed by atoms with Crippen molar-refractivity contribution in [1.29, 1.82) is 0 Å². The van der Waals surface area contributed by atoms with Crippen molar-refractivity contribution in [2.75, 3.05) is 6.61 Å². The van der Waals surface area contributed by atoms with Crippen LogP contribution in [-0.2, 0) is 6.42 Å². The Hall–Kier alpha value is -2.27. The zero-order valence-electron chi connectivity index (χ0n) is 14.4. The first-order valence-corrected chi connectivity index (χ1v) is 8.97. The average molecular weight is 357 g/mol. The van der Waals surface area contributed by atoms with Gasteiger partial charge >= 0.3 is 0 Å². The second-order valence-corrected chi connectivity index (χ2v) is 7.44. The fourth-order valence-electron chi connectivity index (χ4n) is 4.85. The first kappa shape index (κ1) is 17.2. The molecule has 136 valence electrons. The van der Waals surface area contributed by atoms with Gasteiger partial charge in [-0.3, -0.25) is 4.79 Å². The van der Waals surface area contributed by atoms with Crippen molar-refractivity contribution in [1.82, 2.24) is 4.90 Å². The van der Waals surface area contributed by atoms with Gasteiger partial charge in [0.15, 0.2) is 0 Å². The van der Waals surface area contributed by atoms with Crippen LogP contribution >= 0.6 is 0 Å². The first-order valence-electron chi connectivity index (χ1n) is 8.97. The maximum absolute atomic E-state index is 14.1. The molecule has 2 aliphatic heterocycles. The standard InChI is InChI=1S/C21H21F2NO2/c22-16-7-4-8-17(23)19(16)20(26)24-15-9-10-18(24)21(12-15,13-25)11-14-5-2-1-3-6-14/h1-8,15,18,25H,9-13H2/t15-,18+,21-/m0/s1. The molecule has 1 amide bonds. The molecule has 2 aliphatic rings. The summed E-state index contributed by atoms with van der Waals surface area (Å²) in [4.78, 5) is 14.6.